The largest absolute Gasteiger partial charge is 0.495 e. The molecule has 142 valence electrons. The zero-order chi connectivity index (χ0) is 19.4. The normalized spacial score (nSPS) is 16.7. The van der Waals surface area contributed by atoms with Crippen molar-refractivity contribution in [2.45, 2.75) is 19.8 Å². The minimum absolute atomic E-state index is 0.0644. The third kappa shape index (κ3) is 4.57. The van der Waals surface area contributed by atoms with Gasteiger partial charge in [0.15, 0.2) is 0 Å². The summed E-state index contributed by atoms with van der Waals surface area (Å²) >= 11 is 6.08. The number of piperidine rings is 1. The molecule has 1 aliphatic heterocycles. The maximum atomic E-state index is 12.7. The van der Waals surface area contributed by atoms with Crippen molar-refractivity contribution in [1.82, 2.24) is 9.88 Å². The highest BCUT2D eigenvalue weighted by molar-refractivity contribution is 6.32. The Balaban J connectivity index is 1.73. The van der Waals surface area contributed by atoms with Gasteiger partial charge in [-0.2, -0.15) is 0 Å². The van der Waals surface area contributed by atoms with E-state index in [9.17, 15) is 9.59 Å². The van der Waals surface area contributed by atoms with Gasteiger partial charge in [-0.25, -0.2) is 0 Å². The van der Waals surface area contributed by atoms with Crippen LogP contribution < -0.4 is 10.1 Å². The van der Waals surface area contributed by atoms with Gasteiger partial charge in [0.2, 0.25) is 0 Å². The van der Waals surface area contributed by atoms with Crippen LogP contribution in [0.15, 0.2) is 36.5 Å². The molecule has 1 atom stereocenters. The second kappa shape index (κ2) is 8.39. The van der Waals surface area contributed by atoms with Gasteiger partial charge < -0.3 is 15.0 Å². The van der Waals surface area contributed by atoms with E-state index < -0.39 is 5.91 Å². The molecular weight excluding hydrogens is 366 g/mol. The number of likely N-dealkylation sites (tertiary alicyclic amines) is 1. The van der Waals surface area contributed by atoms with Crippen molar-refractivity contribution in [3.8, 4) is 5.75 Å². The van der Waals surface area contributed by atoms with Crippen molar-refractivity contribution >= 4 is 29.1 Å². The number of benzene rings is 1. The molecule has 0 spiro atoms. The lowest BCUT2D eigenvalue weighted by Crippen LogP contribution is -2.39. The van der Waals surface area contributed by atoms with Gasteiger partial charge in [0.05, 0.1) is 12.1 Å². The van der Waals surface area contributed by atoms with E-state index >= 15 is 0 Å². The van der Waals surface area contributed by atoms with Crippen LogP contribution in [0, 0.1) is 5.92 Å². The van der Waals surface area contributed by atoms with E-state index in [0.29, 0.717) is 27.9 Å². The average Bonchev–Trinajstić information content (AvgIpc) is 2.67. The fraction of sp³-hybridized carbons (Fsp3) is 0.350. The molecular formula is C20H22ClN3O3. The summed E-state index contributed by atoms with van der Waals surface area (Å²) in [5.74, 6) is 0.548. The number of ether oxygens (including phenoxy) is 1. The van der Waals surface area contributed by atoms with Crippen LogP contribution in [-0.4, -0.2) is 41.9 Å². The Labute approximate surface area is 163 Å². The highest BCUT2D eigenvalue weighted by atomic mass is 35.5. The number of methoxy groups -OCH3 is 1. The summed E-state index contributed by atoms with van der Waals surface area (Å²) in [6.45, 7) is 3.63. The second-order valence-corrected chi connectivity index (χ2v) is 7.14. The van der Waals surface area contributed by atoms with Crippen molar-refractivity contribution in [2.24, 2.45) is 5.92 Å². The Hall–Kier alpha value is -2.60. The smallest absolute Gasteiger partial charge is 0.274 e. The van der Waals surface area contributed by atoms with Crippen LogP contribution in [0.5, 0.6) is 5.75 Å². The number of hydrogen-bond donors (Lipinski definition) is 1. The minimum Gasteiger partial charge on any atom is -0.495 e. The number of carbonyl (C=O) groups is 2. The molecule has 0 aliphatic carbocycles. The number of hydrogen-bond acceptors (Lipinski definition) is 4. The molecule has 6 nitrogen and oxygen atoms in total. The highest BCUT2D eigenvalue weighted by Gasteiger charge is 2.23. The number of nitrogens with one attached hydrogen (secondary N) is 1. The van der Waals surface area contributed by atoms with Gasteiger partial charge in [0, 0.05) is 30.5 Å². The van der Waals surface area contributed by atoms with Gasteiger partial charge in [-0.3, -0.25) is 14.6 Å². The number of anilines is 1. The van der Waals surface area contributed by atoms with E-state index in [1.165, 1.54) is 19.4 Å². The molecule has 2 aromatic rings. The van der Waals surface area contributed by atoms with Crippen LogP contribution in [0.4, 0.5) is 5.69 Å². The molecule has 1 aromatic heterocycles. The van der Waals surface area contributed by atoms with Crippen LogP contribution >= 0.6 is 11.6 Å². The Kier molecular flexibility index (Phi) is 5.96. The van der Waals surface area contributed by atoms with E-state index in [0.717, 1.165) is 25.9 Å². The number of amides is 2. The first kappa shape index (κ1) is 19.2. The zero-order valence-electron chi connectivity index (χ0n) is 15.4. The van der Waals surface area contributed by atoms with E-state index in [1.54, 1.807) is 24.3 Å². The second-order valence-electron chi connectivity index (χ2n) is 6.73. The molecule has 0 bridgehead atoms. The fourth-order valence-corrected chi connectivity index (χ4v) is 3.44. The Morgan fingerprint density at radius 2 is 2.11 bits per heavy atom. The first-order valence-corrected chi connectivity index (χ1v) is 9.26. The first-order valence-electron chi connectivity index (χ1n) is 8.88. The van der Waals surface area contributed by atoms with Gasteiger partial charge in [-0.1, -0.05) is 18.5 Å². The van der Waals surface area contributed by atoms with Gasteiger partial charge in [-0.15, -0.1) is 0 Å². The van der Waals surface area contributed by atoms with E-state index in [1.807, 2.05) is 4.90 Å². The van der Waals surface area contributed by atoms with Crippen LogP contribution in [-0.2, 0) is 0 Å². The molecule has 1 saturated heterocycles. The van der Waals surface area contributed by atoms with Crippen molar-refractivity contribution < 1.29 is 14.3 Å². The minimum atomic E-state index is -0.405. The number of carbonyl (C=O) groups excluding carboxylic acids is 2. The third-order valence-electron chi connectivity index (χ3n) is 4.59. The summed E-state index contributed by atoms with van der Waals surface area (Å²) in [6.07, 6.45) is 3.62. The Morgan fingerprint density at radius 3 is 2.81 bits per heavy atom. The van der Waals surface area contributed by atoms with Crippen LogP contribution in [0.2, 0.25) is 5.02 Å². The molecule has 2 amide bonds. The van der Waals surface area contributed by atoms with Gasteiger partial charge in [0.25, 0.3) is 11.8 Å². The summed E-state index contributed by atoms with van der Waals surface area (Å²) in [5, 5.41) is 3.13. The lowest BCUT2D eigenvalue weighted by atomic mass is 9.99. The molecule has 1 aromatic carbocycles. The summed E-state index contributed by atoms with van der Waals surface area (Å²) in [7, 11) is 1.52. The molecule has 1 N–H and O–H groups in total. The quantitative estimate of drug-likeness (QED) is 0.864. The zero-order valence-corrected chi connectivity index (χ0v) is 16.1. The van der Waals surface area contributed by atoms with Crippen molar-refractivity contribution in [3.05, 3.63) is 52.8 Å². The van der Waals surface area contributed by atoms with Gasteiger partial charge in [0.1, 0.15) is 11.4 Å². The number of aromatic nitrogens is 1. The average molecular weight is 388 g/mol. The summed E-state index contributed by atoms with van der Waals surface area (Å²) in [5.41, 5.74) is 1.17. The topological polar surface area (TPSA) is 71.5 Å². The van der Waals surface area contributed by atoms with E-state index in [-0.39, 0.29) is 11.6 Å². The van der Waals surface area contributed by atoms with E-state index in [4.69, 9.17) is 16.3 Å². The van der Waals surface area contributed by atoms with Crippen LogP contribution in [0.1, 0.15) is 40.6 Å². The molecule has 7 heteroatoms. The van der Waals surface area contributed by atoms with Crippen molar-refractivity contribution in [1.29, 1.82) is 0 Å². The van der Waals surface area contributed by atoms with Gasteiger partial charge >= 0.3 is 0 Å². The molecule has 1 aliphatic rings. The molecule has 1 fully saturated rings. The molecule has 27 heavy (non-hydrogen) atoms. The maximum Gasteiger partial charge on any atom is 0.274 e. The predicted octanol–water partition coefficient (Wildman–Crippen LogP) is 3.87. The van der Waals surface area contributed by atoms with Crippen molar-refractivity contribution in [3.63, 3.8) is 0 Å². The number of halogens is 1. The predicted molar refractivity (Wildman–Crippen MR) is 104 cm³/mol. The maximum absolute atomic E-state index is 12.7. The molecule has 1 unspecified atom stereocenters. The molecule has 3 rings (SSSR count). The monoisotopic (exact) mass is 387 g/mol. The number of pyridine rings is 1. The molecule has 0 radical (unpaired) electrons. The lowest BCUT2D eigenvalue weighted by Gasteiger charge is -2.31. The Morgan fingerprint density at radius 1 is 1.30 bits per heavy atom. The SMILES string of the molecule is COc1ccc(NC(=O)c2cc(C(=O)N3CCCC(C)C3)ccn2)cc1Cl. The number of rotatable bonds is 4. The van der Waals surface area contributed by atoms with E-state index in [2.05, 4.69) is 17.2 Å². The van der Waals surface area contributed by atoms with Crippen molar-refractivity contribution in [2.75, 3.05) is 25.5 Å². The van der Waals surface area contributed by atoms with Crippen LogP contribution in [0.25, 0.3) is 0 Å². The number of nitrogens with zero attached hydrogens (tertiary/aromatic N) is 2. The standard InChI is InChI=1S/C20H22ClN3O3/c1-13-4-3-9-24(12-13)20(26)14-7-8-22-17(10-14)19(25)23-15-5-6-18(27-2)16(21)11-15/h5-8,10-11,13H,3-4,9,12H2,1-2H3,(H,23,25). The fourth-order valence-electron chi connectivity index (χ4n) is 3.18. The summed E-state index contributed by atoms with van der Waals surface area (Å²) in [4.78, 5) is 31.2. The van der Waals surface area contributed by atoms with Crippen LogP contribution in [0.3, 0.4) is 0 Å². The third-order valence-corrected chi connectivity index (χ3v) is 4.89. The summed E-state index contributed by atoms with van der Waals surface area (Å²) < 4.78 is 5.10. The lowest BCUT2D eigenvalue weighted by molar-refractivity contribution is 0.0683. The van der Waals surface area contributed by atoms with Gasteiger partial charge in [-0.05, 0) is 49.1 Å². The molecule has 0 saturated carbocycles. The summed E-state index contributed by atoms with van der Waals surface area (Å²) in [6, 6.07) is 8.13. The Bertz CT molecular complexity index is 856. The first-order chi connectivity index (χ1) is 13.0. The highest BCUT2D eigenvalue weighted by Crippen LogP contribution is 2.27. The molecule has 2 heterocycles.